The fraction of sp³-hybridized carbons (Fsp3) is 0.423. The van der Waals surface area contributed by atoms with E-state index in [4.69, 9.17) is 14.7 Å². The van der Waals surface area contributed by atoms with Crippen molar-refractivity contribution in [1.29, 1.82) is 0 Å². The number of ether oxygens (including phenoxy) is 1. The molecule has 0 saturated heterocycles. The first kappa shape index (κ1) is 20.2. The van der Waals surface area contributed by atoms with Crippen LogP contribution in [0, 0.1) is 11.3 Å². The van der Waals surface area contributed by atoms with Gasteiger partial charge in [0.2, 0.25) is 0 Å². The van der Waals surface area contributed by atoms with Crippen molar-refractivity contribution < 1.29 is 9.53 Å². The minimum Gasteiger partial charge on any atom is -0.469 e. The van der Waals surface area contributed by atoms with Crippen LogP contribution in [0.1, 0.15) is 50.7 Å². The zero-order valence-corrected chi connectivity index (χ0v) is 20.2. The van der Waals surface area contributed by atoms with Gasteiger partial charge >= 0.3 is 5.97 Å². The molecule has 2 heterocycles. The van der Waals surface area contributed by atoms with Gasteiger partial charge in [0.15, 0.2) is 5.65 Å². The molecule has 1 saturated carbocycles. The van der Waals surface area contributed by atoms with Gasteiger partial charge in [0.05, 0.1) is 18.0 Å². The second kappa shape index (κ2) is 6.77. The molecule has 6 rings (SSSR count). The SMILES string of the molecule is COC(=O)[C@]1(C)CCC[C@]2(C)c3cc(Br)c4nc5c(nc4c3CCC12)[nH]c1ccccc15. The first-order valence-corrected chi connectivity index (χ1v) is 12.1. The Morgan fingerprint density at radius 1 is 1.16 bits per heavy atom. The van der Waals surface area contributed by atoms with Gasteiger partial charge in [-0.05, 0) is 83.1 Å². The summed E-state index contributed by atoms with van der Waals surface area (Å²) < 4.78 is 6.24. The molecule has 0 bridgehead atoms. The lowest BCUT2D eigenvalue weighted by Gasteiger charge is -2.54. The first-order valence-electron chi connectivity index (χ1n) is 11.4. The molecule has 164 valence electrons. The Kier molecular flexibility index (Phi) is 4.26. The van der Waals surface area contributed by atoms with Gasteiger partial charge in [-0.2, -0.15) is 0 Å². The number of carbonyl (C=O) groups excluding carboxylic acids is 1. The van der Waals surface area contributed by atoms with Gasteiger partial charge in [0.25, 0.3) is 0 Å². The fourth-order valence-corrected chi connectivity index (χ4v) is 7.29. The van der Waals surface area contributed by atoms with Gasteiger partial charge in [-0.1, -0.05) is 31.5 Å². The summed E-state index contributed by atoms with van der Waals surface area (Å²) in [6.45, 7) is 4.44. The minimum absolute atomic E-state index is 0.0729. The number of nitrogens with zero attached hydrogens (tertiary/aromatic N) is 2. The quantitative estimate of drug-likeness (QED) is 0.321. The number of para-hydroxylation sites is 1. The molecular formula is C26H26BrN3O2. The van der Waals surface area contributed by atoms with Crippen LogP contribution < -0.4 is 0 Å². The van der Waals surface area contributed by atoms with Crippen LogP contribution in [0.25, 0.3) is 33.1 Å². The summed E-state index contributed by atoms with van der Waals surface area (Å²) in [6.07, 6.45) is 4.82. The van der Waals surface area contributed by atoms with Crippen LogP contribution in [0.4, 0.5) is 0 Å². The molecule has 3 atom stereocenters. The molecule has 2 aliphatic carbocycles. The lowest BCUT2D eigenvalue weighted by molar-refractivity contribution is -0.161. The van der Waals surface area contributed by atoms with E-state index in [-0.39, 0.29) is 17.3 Å². The fourth-order valence-electron chi connectivity index (χ4n) is 6.79. The zero-order chi connectivity index (χ0) is 22.3. The molecule has 0 amide bonds. The Morgan fingerprint density at radius 2 is 1.97 bits per heavy atom. The minimum atomic E-state index is -0.451. The number of nitrogens with one attached hydrogen (secondary N) is 1. The second-order valence-corrected chi connectivity index (χ2v) is 10.8. The maximum atomic E-state index is 12.9. The lowest BCUT2D eigenvalue weighted by Crippen LogP contribution is -2.52. The molecule has 1 fully saturated rings. The van der Waals surface area contributed by atoms with E-state index < -0.39 is 5.41 Å². The van der Waals surface area contributed by atoms with Crippen molar-refractivity contribution in [2.75, 3.05) is 7.11 Å². The zero-order valence-electron chi connectivity index (χ0n) is 18.6. The van der Waals surface area contributed by atoms with E-state index in [0.29, 0.717) is 0 Å². The molecule has 4 aromatic rings. The number of methoxy groups -OCH3 is 1. The highest BCUT2D eigenvalue weighted by Crippen LogP contribution is 2.58. The molecule has 6 heteroatoms. The Balaban J connectivity index is 1.60. The molecule has 0 aliphatic heterocycles. The third-order valence-corrected chi connectivity index (χ3v) is 8.92. The Labute approximate surface area is 195 Å². The van der Waals surface area contributed by atoms with E-state index in [2.05, 4.69) is 53.0 Å². The maximum absolute atomic E-state index is 12.9. The van der Waals surface area contributed by atoms with Gasteiger partial charge in [0.1, 0.15) is 11.0 Å². The smallest absolute Gasteiger partial charge is 0.311 e. The number of H-pyrrole nitrogens is 1. The summed E-state index contributed by atoms with van der Waals surface area (Å²) in [7, 11) is 1.52. The Bertz CT molecular complexity index is 1430. The standard InChI is InChI=1S/C26H26BrN3O2/c1-25-11-6-12-26(2,24(31)32-3)19(25)10-9-14-16(25)13-17(27)22-20(14)30-23-21(29-22)15-7-4-5-8-18(15)28-23/h4-5,7-8,13,19H,6,9-12H2,1-3H3,(H,28,30)/t19?,25-,26-/m1/s1. The highest BCUT2D eigenvalue weighted by molar-refractivity contribution is 9.10. The largest absolute Gasteiger partial charge is 0.469 e. The number of aromatic nitrogens is 3. The van der Waals surface area contributed by atoms with Crippen LogP contribution in [0.3, 0.4) is 0 Å². The molecule has 2 aromatic heterocycles. The molecule has 2 aromatic carbocycles. The predicted molar refractivity (Wildman–Crippen MR) is 130 cm³/mol. The number of aromatic amines is 1. The van der Waals surface area contributed by atoms with Crippen LogP contribution in [-0.4, -0.2) is 28.0 Å². The molecule has 2 aliphatic rings. The Morgan fingerprint density at radius 3 is 2.78 bits per heavy atom. The number of carbonyl (C=O) groups is 1. The summed E-state index contributed by atoms with van der Waals surface area (Å²) in [5.74, 6) is 0.175. The Hall–Kier alpha value is -2.47. The third kappa shape index (κ3) is 2.53. The number of aryl methyl sites for hydroxylation is 1. The van der Waals surface area contributed by atoms with Crippen molar-refractivity contribution in [3.63, 3.8) is 0 Å². The number of fused-ring (bicyclic) bond motifs is 8. The predicted octanol–water partition coefficient (Wildman–Crippen LogP) is 6.21. The number of benzene rings is 2. The van der Waals surface area contributed by atoms with Crippen LogP contribution in [0.15, 0.2) is 34.8 Å². The normalized spacial score (nSPS) is 27.4. The van der Waals surface area contributed by atoms with Crippen molar-refractivity contribution in [2.24, 2.45) is 11.3 Å². The van der Waals surface area contributed by atoms with Gasteiger partial charge in [-0.25, -0.2) is 9.97 Å². The van der Waals surface area contributed by atoms with Crippen molar-refractivity contribution in [3.05, 3.63) is 45.9 Å². The molecule has 1 unspecified atom stereocenters. The van der Waals surface area contributed by atoms with Gasteiger partial charge in [-0.3, -0.25) is 4.79 Å². The maximum Gasteiger partial charge on any atom is 0.311 e. The summed E-state index contributed by atoms with van der Waals surface area (Å²) in [5, 5.41) is 1.09. The highest BCUT2D eigenvalue weighted by atomic mass is 79.9. The van der Waals surface area contributed by atoms with Gasteiger partial charge in [-0.15, -0.1) is 0 Å². The van der Waals surface area contributed by atoms with E-state index in [9.17, 15) is 4.79 Å². The van der Waals surface area contributed by atoms with Crippen molar-refractivity contribution in [3.8, 4) is 0 Å². The van der Waals surface area contributed by atoms with E-state index >= 15 is 0 Å². The molecule has 0 spiro atoms. The molecular weight excluding hydrogens is 466 g/mol. The topological polar surface area (TPSA) is 67.9 Å². The summed E-state index contributed by atoms with van der Waals surface area (Å²) in [6, 6.07) is 10.5. The summed E-state index contributed by atoms with van der Waals surface area (Å²) in [4.78, 5) is 26.5. The van der Waals surface area contributed by atoms with Crippen molar-refractivity contribution in [1.82, 2.24) is 15.0 Å². The number of rotatable bonds is 1. The monoisotopic (exact) mass is 491 g/mol. The van der Waals surface area contributed by atoms with E-state index in [1.165, 1.54) is 18.2 Å². The average molecular weight is 492 g/mol. The highest BCUT2D eigenvalue weighted by Gasteiger charge is 2.56. The van der Waals surface area contributed by atoms with Gasteiger partial charge in [0, 0.05) is 15.4 Å². The first-order chi connectivity index (χ1) is 15.4. The van der Waals surface area contributed by atoms with Crippen LogP contribution in [0.5, 0.6) is 0 Å². The van der Waals surface area contributed by atoms with Crippen LogP contribution >= 0.6 is 15.9 Å². The third-order valence-electron chi connectivity index (χ3n) is 8.32. The van der Waals surface area contributed by atoms with E-state index in [0.717, 1.165) is 69.7 Å². The molecule has 5 nitrogen and oxygen atoms in total. The molecule has 1 N–H and O–H groups in total. The number of halogens is 1. The lowest BCUT2D eigenvalue weighted by atomic mass is 9.49. The molecule has 0 radical (unpaired) electrons. The number of hydrogen-bond acceptors (Lipinski definition) is 4. The van der Waals surface area contributed by atoms with Crippen molar-refractivity contribution >= 4 is 55.0 Å². The summed E-state index contributed by atoms with van der Waals surface area (Å²) >= 11 is 3.82. The number of esters is 1. The van der Waals surface area contributed by atoms with Crippen LogP contribution in [-0.2, 0) is 21.4 Å². The summed E-state index contributed by atoms with van der Waals surface area (Å²) in [5.41, 5.74) is 6.72. The van der Waals surface area contributed by atoms with E-state index in [1.54, 1.807) is 0 Å². The van der Waals surface area contributed by atoms with Gasteiger partial charge < -0.3 is 9.72 Å². The number of hydrogen-bond donors (Lipinski definition) is 1. The van der Waals surface area contributed by atoms with E-state index in [1.807, 2.05) is 12.1 Å². The average Bonchev–Trinajstić information content (AvgIpc) is 3.15. The van der Waals surface area contributed by atoms with Crippen LogP contribution in [0.2, 0.25) is 0 Å². The second-order valence-electron chi connectivity index (χ2n) is 9.94. The molecule has 32 heavy (non-hydrogen) atoms. The van der Waals surface area contributed by atoms with Crippen molar-refractivity contribution in [2.45, 2.75) is 51.4 Å².